The largest absolute Gasteiger partial charge is 0.473 e. The Morgan fingerprint density at radius 2 is 2.03 bits per heavy atom. The van der Waals surface area contributed by atoms with Crippen LogP contribution in [-0.4, -0.2) is 68.5 Å². The zero-order valence-electron chi connectivity index (χ0n) is 19.3. The van der Waals surface area contributed by atoms with Crippen LogP contribution >= 0.6 is 0 Å². The molecule has 1 amide bonds. The minimum atomic E-state index is -3.06. The second kappa shape index (κ2) is 10.4. The number of amides is 1. The lowest BCUT2D eigenvalue weighted by molar-refractivity contribution is -0.151. The Hall–Kier alpha value is -2.42. The number of pyridine rings is 1. The molecule has 2 heterocycles. The molecule has 0 unspecified atom stereocenters. The Balaban J connectivity index is 2.28. The van der Waals surface area contributed by atoms with Crippen molar-refractivity contribution >= 4 is 17.6 Å². The first-order chi connectivity index (χ1) is 14.6. The van der Waals surface area contributed by atoms with Gasteiger partial charge in [-0.3, -0.25) is 4.79 Å². The van der Waals surface area contributed by atoms with Gasteiger partial charge in [0.15, 0.2) is 0 Å². The summed E-state index contributed by atoms with van der Waals surface area (Å²) in [6.45, 7) is 2.58. The maximum absolute atomic E-state index is 13.4. The van der Waals surface area contributed by atoms with Crippen LogP contribution in [0, 0.1) is 0 Å². The van der Waals surface area contributed by atoms with Gasteiger partial charge in [0.2, 0.25) is 5.88 Å². The van der Waals surface area contributed by atoms with Crippen LogP contribution in [0.3, 0.4) is 0 Å². The number of carbonyl (C=O) groups is 2. The molecule has 1 saturated heterocycles. The molecule has 1 aliphatic heterocycles. The van der Waals surface area contributed by atoms with Crippen LogP contribution < -0.4 is 15.0 Å². The van der Waals surface area contributed by atoms with E-state index in [0.717, 1.165) is 0 Å². The van der Waals surface area contributed by atoms with Gasteiger partial charge in [-0.1, -0.05) is 13.8 Å². The van der Waals surface area contributed by atoms with Crippen molar-refractivity contribution in [2.75, 3.05) is 44.9 Å². The van der Waals surface area contributed by atoms with E-state index in [1.165, 1.54) is 6.07 Å². The Morgan fingerprint density at radius 3 is 2.59 bits per heavy atom. The summed E-state index contributed by atoms with van der Waals surface area (Å²) in [4.78, 5) is 31.4. The van der Waals surface area contributed by atoms with Crippen LogP contribution in [-0.2, 0) is 14.3 Å². The Morgan fingerprint density at radius 1 is 1.34 bits per heavy atom. The summed E-state index contributed by atoms with van der Waals surface area (Å²) in [7, 11) is 1.60. The van der Waals surface area contributed by atoms with Gasteiger partial charge in [0.1, 0.15) is 30.2 Å². The van der Waals surface area contributed by atoms with Crippen LogP contribution in [0.1, 0.15) is 46.8 Å². The standard InChI is InChI=1S/C20H30FN3O5/c1-5-20(6-2,19(26)28-7-3)23-17(25)15-8-9-16(18(22-15)29-11-10-21)24-12-14(13-24)27-4/h8-9,14H,5-7,10-13H2,1-4H3,(H,23,25)/i10D2. The lowest BCUT2D eigenvalue weighted by Gasteiger charge is -2.40. The van der Waals surface area contributed by atoms with Crippen molar-refractivity contribution in [3.8, 4) is 5.88 Å². The molecule has 8 nitrogen and oxygen atoms in total. The summed E-state index contributed by atoms with van der Waals surface area (Å²) in [6.07, 6.45) is 0.677. The van der Waals surface area contributed by atoms with Gasteiger partial charge in [-0.05, 0) is 31.9 Å². The maximum Gasteiger partial charge on any atom is 0.331 e. The zero-order chi connectivity index (χ0) is 23.2. The number of ether oxygens (including phenoxy) is 3. The number of alkyl halides is 1. The van der Waals surface area contributed by atoms with E-state index in [1.807, 2.05) is 4.90 Å². The number of methoxy groups -OCH3 is 1. The molecule has 162 valence electrons. The number of anilines is 1. The SMILES string of the molecule is [2H]C([2H])(F)COc1nc(C(=O)NC(CC)(CC)C(=O)OCC)ccc1N1CC(OC)C1. The number of aromatic nitrogens is 1. The van der Waals surface area contributed by atoms with Crippen molar-refractivity contribution < 1.29 is 30.9 Å². The first kappa shape index (κ1) is 19.9. The summed E-state index contributed by atoms with van der Waals surface area (Å²) < 4.78 is 43.1. The molecular weight excluding hydrogens is 381 g/mol. The average Bonchev–Trinajstić information content (AvgIpc) is 2.69. The molecule has 1 aromatic rings. The molecule has 1 N–H and O–H groups in total. The van der Waals surface area contributed by atoms with Crippen LogP contribution in [0.2, 0.25) is 0 Å². The number of nitrogens with zero attached hydrogens (tertiary/aromatic N) is 2. The minimum Gasteiger partial charge on any atom is -0.473 e. The molecule has 0 bridgehead atoms. The van der Waals surface area contributed by atoms with E-state index in [9.17, 15) is 14.0 Å². The lowest BCUT2D eigenvalue weighted by Crippen LogP contribution is -2.54. The van der Waals surface area contributed by atoms with Crippen molar-refractivity contribution in [3.05, 3.63) is 17.8 Å². The van der Waals surface area contributed by atoms with Gasteiger partial charge in [0.05, 0.1) is 15.5 Å². The van der Waals surface area contributed by atoms with E-state index >= 15 is 0 Å². The second-order valence-corrected chi connectivity index (χ2v) is 6.67. The third kappa shape index (κ3) is 5.14. The maximum atomic E-state index is 13.4. The van der Waals surface area contributed by atoms with Gasteiger partial charge in [-0.2, -0.15) is 0 Å². The quantitative estimate of drug-likeness (QED) is 0.556. The van der Waals surface area contributed by atoms with Crippen LogP contribution in [0.25, 0.3) is 0 Å². The molecular formula is C20H30FN3O5. The van der Waals surface area contributed by atoms with Crippen LogP contribution in [0.4, 0.5) is 10.1 Å². The smallest absolute Gasteiger partial charge is 0.331 e. The summed E-state index contributed by atoms with van der Waals surface area (Å²) in [5.74, 6) is -1.22. The minimum absolute atomic E-state index is 0.0303. The van der Waals surface area contributed by atoms with E-state index in [-0.39, 0.29) is 24.3 Å². The zero-order valence-corrected chi connectivity index (χ0v) is 17.3. The predicted octanol–water partition coefficient (Wildman–Crippen LogP) is 2.12. The molecule has 1 fully saturated rings. The van der Waals surface area contributed by atoms with Gasteiger partial charge in [-0.25, -0.2) is 14.2 Å². The third-order valence-corrected chi connectivity index (χ3v) is 5.08. The normalized spacial score (nSPS) is 15.8. The van der Waals surface area contributed by atoms with E-state index in [4.69, 9.17) is 17.0 Å². The molecule has 9 heteroatoms. The molecule has 0 saturated carbocycles. The monoisotopic (exact) mass is 413 g/mol. The highest BCUT2D eigenvalue weighted by Gasteiger charge is 2.38. The Bertz CT molecular complexity index is 781. The molecule has 0 aromatic carbocycles. The Labute approximate surface area is 173 Å². The topological polar surface area (TPSA) is 90.0 Å². The molecule has 2 rings (SSSR count). The van der Waals surface area contributed by atoms with Crippen molar-refractivity contribution in [2.24, 2.45) is 0 Å². The first-order valence-electron chi connectivity index (χ1n) is 10.7. The van der Waals surface area contributed by atoms with E-state index < -0.39 is 30.6 Å². The first-order valence-corrected chi connectivity index (χ1v) is 9.69. The van der Waals surface area contributed by atoms with Crippen LogP contribution in [0.15, 0.2) is 12.1 Å². The predicted molar refractivity (Wildman–Crippen MR) is 106 cm³/mol. The number of esters is 1. The second-order valence-electron chi connectivity index (χ2n) is 6.67. The summed E-state index contributed by atoms with van der Waals surface area (Å²) in [5, 5.41) is 2.71. The summed E-state index contributed by atoms with van der Waals surface area (Å²) in [5.41, 5.74) is -0.747. The number of carbonyl (C=O) groups excluding carboxylic acids is 2. The third-order valence-electron chi connectivity index (χ3n) is 5.08. The van der Waals surface area contributed by atoms with Crippen molar-refractivity contribution in [2.45, 2.75) is 45.3 Å². The van der Waals surface area contributed by atoms with Crippen molar-refractivity contribution in [1.82, 2.24) is 10.3 Å². The summed E-state index contributed by atoms with van der Waals surface area (Å²) in [6, 6.07) is 3.07. The molecule has 0 aliphatic carbocycles. The van der Waals surface area contributed by atoms with Crippen LogP contribution in [0.5, 0.6) is 5.88 Å². The number of rotatable bonds is 11. The van der Waals surface area contributed by atoms with Gasteiger partial charge in [-0.15, -0.1) is 0 Å². The molecule has 1 aliphatic rings. The molecule has 29 heavy (non-hydrogen) atoms. The van der Waals surface area contributed by atoms with E-state index in [2.05, 4.69) is 10.3 Å². The average molecular weight is 413 g/mol. The highest BCUT2D eigenvalue weighted by atomic mass is 19.1. The molecule has 0 atom stereocenters. The highest BCUT2D eigenvalue weighted by Crippen LogP contribution is 2.31. The van der Waals surface area contributed by atoms with Crippen molar-refractivity contribution in [1.29, 1.82) is 0 Å². The van der Waals surface area contributed by atoms with E-state index in [1.54, 1.807) is 33.9 Å². The fourth-order valence-corrected chi connectivity index (χ4v) is 3.10. The lowest BCUT2D eigenvalue weighted by atomic mass is 9.92. The van der Waals surface area contributed by atoms with Gasteiger partial charge < -0.3 is 24.4 Å². The highest BCUT2D eigenvalue weighted by molar-refractivity contribution is 5.97. The van der Waals surface area contributed by atoms with Gasteiger partial charge in [0.25, 0.3) is 5.91 Å². The van der Waals surface area contributed by atoms with Gasteiger partial charge in [0, 0.05) is 20.2 Å². The molecule has 1 aromatic heterocycles. The molecule has 0 radical (unpaired) electrons. The van der Waals surface area contributed by atoms with E-state index in [0.29, 0.717) is 31.6 Å². The number of hydrogen-bond acceptors (Lipinski definition) is 7. The molecule has 0 spiro atoms. The number of hydrogen-bond donors (Lipinski definition) is 1. The summed E-state index contributed by atoms with van der Waals surface area (Å²) >= 11 is 0. The fourth-order valence-electron chi connectivity index (χ4n) is 3.10. The Kier molecular flexibility index (Phi) is 7.12. The van der Waals surface area contributed by atoms with Gasteiger partial charge >= 0.3 is 5.97 Å². The number of halogens is 1. The van der Waals surface area contributed by atoms with Crippen molar-refractivity contribution in [3.63, 3.8) is 0 Å². The number of nitrogens with one attached hydrogen (secondary N) is 1. The fraction of sp³-hybridized carbons (Fsp3) is 0.650.